The lowest BCUT2D eigenvalue weighted by molar-refractivity contribution is 0.170. The highest BCUT2D eigenvalue weighted by Crippen LogP contribution is 2.12. The van der Waals surface area contributed by atoms with Crippen LogP contribution in [-0.4, -0.2) is 30.6 Å². The molecule has 1 fully saturated rings. The number of hydrogen-bond acceptors (Lipinski definition) is 2. The van der Waals surface area contributed by atoms with Crippen molar-refractivity contribution in [2.75, 3.05) is 19.6 Å². The van der Waals surface area contributed by atoms with Crippen LogP contribution in [0.5, 0.6) is 0 Å². The van der Waals surface area contributed by atoms with Crippen molar-refractivity contribution in [3.05, 3.63) is 35.4 Å². The number of likely N-dealkylation sites (tertiary alicyclic amines) is 1. The van der Waals surface area contributed by atoms with Crippen molar-refractivity contribution in [3.63, 3.8) is 0 Å². The predicted octanol–water partition coefficient (Wildman–Crippen LogP) is 2.96. The minimum absolute atomic E-state index is 0.661. The highest BCUT2D eigenvalue weighted by atomic mass is 15.2. The SMILES string of the molecule is Cc1ccccc1CNCC(C)N1CCCCC1. The monoisotopic (exact) mass is 246 g/mol. The van der Waals surface area contributed by atoms with E-state index in [4.69, 9.17) is 0 Å². The Bertz CT molecular complexity index is 356. The first kappa shape index (κ1) is 13.6. The van der Waals surface area contributed by atoms with Gasteiger partial charge in [0.15, 0.2) is 0 Å². The van der Waals surface area contributed by atoms with Gasteiger partial charge in [-0.3, -0.25) is 4.90 Å². The van der Waals surface area contributed by atoms with E-state index in [2.05, 4.69) is 48.3 Å². The number of benzene rings is 1. The van der Waals surface area contributed by atoms with E-state index in [9.17, 15) is 0 Å². The zero-order valence-corrected chi connectivity index (χ0v) is 11.8. The second kappa shape index (κ2) is 6.91. The van der Waals surface area contributed by atoms with Gasteiger partial charge in [-0.05, 0) is 50.9 Å². The summed E-state index contributed by atoms with van der Waals surface area (Å²) in [6.45, 7) is 9.18. The summed E-state index contributed by atoms with van der Waals surface area (Å²) in [6.07, 6.45) is 4.17. The van der Waals surface area contributed by atoms with Gasteiger partial charge in [0, 0.05) is 19.1 Å². The van der Waals surface area contributed by atoms with Crippen molar-refractivity contribution in [2.45, 2.75) is 45.7 Å². The van der Waals surface area contributed by atoms with E-state index in [1.54, 1.807) is 0 Å². The molecule has 1 saturated heterocycles. The molecule has 0 amide bonds. The normalized spacial score (nSPS) is 18.8. The third kappa shape index (κ3) is 3.82. The Morgan fingerprint density at radius 2 is 1.89 bits per heavy atom. The minimum atomic E-state index is 0.661. The molecule has 0 radical (unpaired) electrons. The summed E-state index contributed by atoms with van der Waals surface area (Å²) in [6, 6.07) is 9.29. The molecule has 0 saturated carbocycles. The molecule has 1 N–H and O–H groups in total. The van der Waals surface area contributed by atoms with E-state index in [1.807, 2.05) is 0 Å². The van der Waals surface area contributed by atoms with Crippen LogP contribution in [0.4, 0.5) is 0 Å². The van der Waals surface area contributed by atoms with Crippen molar-refractivity contribution >= 4 is 0 Å². The molecule has 18 heavy (non-hydrogen) atoms. The van der Waals surface area contributed by atoms with Crippen molar-refractivity contribution in [1.82, 2.24) is 10.2 Å². The Morgan fingerprint density at radius 1 is 1.17 bits per heavy atom. The van der Waals surface area contributed by atoms with E-state index in [-0.39, 0.29) is 0 Å². The summed E-state index contributed by atoms with van der Waals surface area (Å²) in [5, 5.41) is 3.60. The Balaban J connectivity index is 1.73. The molecule has 1 atom stereocenters. The second-order valence-electron chi connectivity index (χ2n) is 5.50. The lowest BCUT2D eigenvalue weighted by Crippen LogP contribution is -2.43. The largest absolute Gasteiger partial charge is 0.311 e. The van der Waals surface area contributed by atoms with E-state index < -0.39 is 0 Å². The number of rotatable bonds is 5. The van der Waals surface area contributed by atoms with Crippen molar-refractivity contribution in [3.8, 4) is 0 Å². The van der Waals surface area contributed by atoms with Gasteiger partial charge in [-0.2, -0.15) is 0 Å². The molecule has 1 aliphatic heterocycles. The molecule has 2 rings (SSSR count). The van der Waals surface area contributed by atoms with Gasteiger partial charge < -0.3 is 5.32 Å². The molecule has 1 aromatic rings. The first-order valence-corrected chi connectivity index (χ1v) is 7.26. The third-order valence-electron chi connectivity index (χ3n) is 4.03. The molecule has 2 nitrogen and oxygen atoms in total. The molecule has 2 heteroatoms. The zero-order chi connectivity index (χ0) is 12.8. The maximum absolute atomic E-state index is 3.60. The van der Waals surface area contributed by atoms with Gasteiger partial charge in [-0.25, -0.2) is 0 Å². The quantitative estimate of drug-likeness (QED) is 0.859. The van der Waals surface area contributed by atoms with Gasteiger partial charge in [0.25, 0.3) is 0 Å². The average molecular weight is 246 g/mol. The van der Waals surface area contributed by atoms with Crippen LogP contribution in [0.15, 0.2) is 24.3 Å². The average Bonchev–Trinajstić information content (AvgIpc) is 2.42. The first-order valence-electron chi connectivity index (χ1n) is 7.26. The minimum Gasteiger partial charge on any atom is -0.311 e. The van der Waals surface area contributed by atoms with E-state index in [0.29, 0.717) is 6.04 Å². The topological polar surface area (TPSA) is 15.3 Å². The summed E-state index contributed by atoms with van der Waals surface area (Å²) < 4.78 is 0. The lowest BCUT2D eigenvalue weighted by atomic mass is 10.1. The Morgan fingerprint density at radius 3 is 2.61 bits per heavy atom. The zero-order valence-electron chi connectivity index (χ0n) is 11.8. The van der Waals surface area contributed by atoms with Gasteiger partial charge >= 0.3 is 0 Å². The summed E-state index contributed by atoms with van der Waals surface area (Å²) >= 11 is 0. The Labute approximate surface area is 111 Å². The van der Waals surface area contributed by atoms with Crippen LogP contribution >= 0.6 is 0 Å². The van der Waals surface area contributed by atoms with Gasteiger partial charge in [0.2, 0.25) is 0 Å². The van der Waals surface area contributed by atoms with Gasteiger partial charge in [0.1, 0.15) is 0 Å². The van der Waals surface area contributed by atoms with Gasteiger partial charge in [-0.15, -0.1) is 0 Å². The van der Waals surface area contributed by atoms with Crippen molar-refractivity contribution < 1.29 is 0 Å². The first-order chi connectivity index (χ1) is 8.77. The fraction of sp³-hybridized carbons (Fsp3) is 0.625. The lowest BCUT2D eigenvalue weighted by Gasteiger charge is -2.32. The van der Waals surface area contributed by atoms with Crippen LogP contribution in [-0.2, 0) is 6.54 Å². The van der Waals surface area contributed by atoms with Crippen LogP contribution < -0.4 is 5.32 Å². The number of nitrogens with zero attached hydrogens (tertiary/aromatic N) is 1. The number of hydrogen-bond donors (Lipinski definition) is 1. The van der Waals surface area contributed by atoms with Gasteiger partial charge in [-0.1, -0.05) is 30.7 Å². The van der Waals surface area contributed by atoms with Crippen LogP contribution in [0.25, 0.3) is 0 Å². The second-order valence-corrected chi connectivity index (χ2v) is 5.50. The van der Waals surface area contributed by atoms with Crippen LogP contribution in [0.1, 0.15) is 37.3 Å². The molecule has 0 spiro atoms. The molecule has 1 unspecified atom stereocenters. The highest BCUT2D eigenvalue weighted by Gasteiger charge is 2.15. The predicted molar refractivity (Wildman–Crippen MR) is 77.8 cm³/mol. The van der Waals surface area contributed by atoms with Crippen molar-refractivity contribution in [2.24, 2.45) is 0 Å². The molecular formula is C16H26N2. The van der Waals surface area contributed by atoms with E-state index in [1.165, 1.54) is 43.5 Å². The van der Waals surface area contributed by atoms with Crippen molar-refractivity contribution in [1.29, 1.82) is 0 Å². The fourth-order valence-corrected chi connectivity index (χ4v) is 2.71. The van der Waals surface area contributed by atoms with E-state index in [0.717, 1.165) is 13.1 Å². The number of nitrogens with one attached hydrogen (secondary N) is 1. The smallest absolute Gasteiger partial charge is 0.0208 e. The summed E-state index contributed by atoms with van der Waals surface area (Å²) in [4.78, 5) is 2.62. The molecule has 1 aliphatic rings. The summed E-state index contributed by atoms with van der Waals surface area (Å²) in [5.74, 6) is 0. The standard InChI is InChI=1S/C16H26N2/c1-14-8-4-5-9-16(14)13-17-12-15(2)18-10-6-3-7-11-18/h4-5,8-9,15,17H,3,6-7,10-13H2,1-2H3. The maximum atomic E-state index is 3.60. The molecule has 0 aliphatic carbocycles. The highest BCUT2D eigenvalue weighted by molar-refractivity contribution is 5.25. The molecule has 100 valence electrons. The molecule has 0 aromatic heterocycles. The van der Waals surface area contributed by atoms with Crippen LogP contribution in [0, 0.1) is 6.92 Å². The molecule has 0 bridgehead atoms. The van der Waals surface area contributed by atoms with Gasteiger partial charge in [0.05, 0.1) is 0 Å². The van der Waals surface area contributed by atoms with Crippen LogP contribution in [0.3, 0.4) is 0 Å². The Kier molecular flexibility index (Phi) is 5.21. The molecular weight excluding hydrogens is 220 g/mol. The number of aryl methyl sites for hydroxylation is 1. The maximum Gasteiger partial charge on any atom is 0.0208 e. The number of piperidine rings is 1. The molecule has 1 heterocycles. The van der Waals surface area contributed by atoms with Crippen LogP contribution in [0.2, 0.25) is 0 Å². The molecule has 1 aromatic carbocycles. The fourth-order valence-electron chi connectivity index (χ4n) is 2.71. The Hall–Kier alpha value is -0.860. The summed E-state index contributed by atoms with van der Waals surface area (Å²) in [7, 11) is 0. The summed E-state index contributed by atoms with van der Waals surface area (Å²) in [5.41, 5.74) is 2.80. The van der Waals surface area contributed by atoms with E-state index >= 15 is 0 Å². The third-order valence-corrected chi connectivity index (χ3v) is 4.03.